The van der Waals surface area contributed by atoms with Gasteiger partial charge in [-0.2, -0.15) is 9.67 Å². The standard InChI is InChI=1S/C19H23N7O3/c1-19(2,3)29-18(27)25-10-12(11-25)21-17-20-9-15-16(22-17)26(24-23-15)13-5-7-14(28-4)8-6-13/h5-9,12H,10-11H2,1-4H3,(H,20,21,22). The molecule has 1 amide bonds. The van der Waals surface area contributed by atoms with Crippen molar-refractivity contribution in [2.75, 3.05) is 25.5 Å². The molecule has 1 aliphatic heterocycles. The summed E-state index contributed by atoms with van der Waals surface area (Å²) >= 11 is 0. The van der Waals surface area contributed by atoms with Crippen LogP contribution in [0.3, 0.4) is 0 Å². The molecule has 10 nitrogen and oxygen atoms in total. The highest BCUT2D eigenvalue weighted by atomic mass is 16.6. The quantitative estimate of drug-likeness (QED) is 0.714. The second-order valence-corrected chi connectivity index (χ2v) is 7.83. The molecule has 1 saturated heterocycles. The number of aromatic nitrogens is 5. The fraction of sp³-hybridized carbons (Fsp3) is 0.421. The summed E-state index contributed by atoms with van der Waals surface area (Å²) in [5.74, 6) is 1.22. The van der Waals surface area contributed by atoms with Gasteiger partial charge in [0.2, 0.25) is 5.95 Å². The number of methoxy groups -OCH3 is 1. The highest BCUT2D eigenvalue weighted by Gasteiger charge is 2.34. The Kier molecular flexibility index (Phi) is 4.69. The molecule has 0 radical (unpaired) electrons. The van der Waals surface area contributed by atoms with E-state index in [0.717, 1.165) is 11.4 Å². The lowest BCUT2D eigenvalue weighted by Crippen LogP contribution is -2.58. The van der Waals surface area contributed by atoms with E-state index in [1.54, 1.807) is 22.9 Å². The van der Waals surface area contributed by atoms with Crippen molar-refractivity contribution in [1.82, 2.24) is 29.9 Å². The molecule has 152 valence electrons. The van der Waals surface area contributed by atoms with E-state index >= 15 is 0 Å². The average Bonchev–Trinajstić information content (AvgIpc) is 3.06. The molecule has 10 heteroatoms. The Morgan fingerprint density at radius 2 is 1.93 bits per heavy atom. The summed E-state index contributed by atoms with van der Waals surface area (Å²) in [4.78, 5) is 22.5. The fourth-order valence-electron chi connectivity index (χ4n) is 2.92. The zero-order valence-corrected chi connectivity index (χ0v) is 16.8. The minimum Gasteiger partial charge on any atom is -0.497 e. The largest absolute Gasteiger partial charge is 0.497 e. The molecular formula is C19H23N7O3. The van der Waals surface area contributed by atoms with E-state index in [2.05, 4.69) is 25.6 Å². The summed E-state index contributed by atoms with van der Waals surface area (Å²) < 4.78 is 12.2. The summed E-state index contributed by atoms with van der Waals surface area (Å²) in [6.45, 7) is 6.62. The van der Waals surface area contributed by atoms with E-state index < -0.39 is 5.60 Å². The molecule has 2 aromatic heterocycles. The normalized spacial score (nSPS) is 14.6. The van der Waals surface area contributed by atoms with Gasteiger partial charge in [0.05, 0.1) is 25.0 Å². The SMILES string of the molecule is COc1ccc(-n2nnc3cnc(NC4CN(C(=O)OC(C)(C)C)C4)nc32)cc1. The van der Waals surface area contributed by atoms with Crippen molar-refractivity contribution in [1.29, 1.82) is 0 Å². The van der Waals surface area contributed by atoms with Crippen molar-refractivity contribution in [3.05, 3.63) is 30.5 Å². The molecule has 0 aliphatic carbocycles. The predicted molar refractivity (Wildman–Crippen MR) is 106 cm³/mol. The molecule has 0 atom stereocenters. The second-order valence-electron chi connectivity index (χ2n) is 7.83. The van der Waals surface area contributed by atoms with Crippen LogP contribution in [0.15, 0.2) is 30.5 Å². The third-order valence-electron chi connectivity index (χ3n) is 4.38. The van der Waals surface area contributed by atoms with E-state index in [-0.39, 0.29) is 12.1 Å². The third-order valence-corrected chi connectivity index (χ3v) is 4.38. The Labute approximate surface area is 167 Å². The number of fused-ring (bicyclic) bond motifs is 1. The smallest absolute Gasteiger partial charge is 0.410 e. The van der Waals surface area contributed by atoms with E-state index in [0.29, 0.717) is 30.2 Å². The molecule has 1 N–H and O–H groups in total. The van der Waals surface area contributed by atoms with Crippen LogP contribution in [0.4, 0.5) is 10.7 Å². The number of ether oxygens (including phenoxy) is 2. The lowest BCUT2D eigenvalue weighted by atomic mass is 10.1. The lowest BCUT2D eigenvalue weighted by Gasteiger charge is -2.39. The van der Waals surface area contributed by atoms with Crippen LogP contribution in [0.25, 0.3) is 16.9 Å². The van der Waals surface area contributed by atoms with Gasteiger partial charge in [0.25, 0.3) is 0 Å². The van der Waals surface area contributed by atoms with Crippen molar-refractivity contribution in [2.45, 2.75) is 32.4 Å². The van der Waals surface area contributed by atoms with Crippen LogP contribution in [0, 0.1) is 0 Å². The first kappa shape index (κ1) is 18.9. The van der Waals surface area contributed by atoms with Crippen LogP contribution in [0.2, 0.25) is 0 Å². The van der Waals surface area contributed by atoms with Gasteiger partial charge in [0.15, 0.2) is 11.2 Å². The molecule has 0 spiro atoms. The van der Waals surface area contributed by atoms with Crippen molar-refractivity contribution in [2.24, 2.45) is 0 Å². The average molecular weight is 397 g/mol. The highest BCUT2D eigenvalue weighted by molar-refractivity contribution is 5.72. The number of carbonyl (C=O) groups excluding carboxylic acids is 1. The molecule has 0 saturated carbocycles. The van der Waals surface area contributed by atoms with E-state index in [1.807, 2.05) is 45.0 Å². The maximum Gasteiger partial charge on any atom is 0.410 e. The van der Waals surface area contributed by atoms with E-state index in [1.165, 1.54) is 0 Å². The van der Waals surface area contributed by atoms with Crippen molar-refractivity contribution < 1.29 is 14.3 Å². The van der Waals surface area contributed by atoms with E-state index in [4.69, 9.17) is 9.47 Å². The number of rotatable bonds is 4. The molecule has 1 fully saturated rings. The molecular weight excluding hydrogens is 374 g/mol. The number of hydrogen-bond donors (Lipinski definition) is 1. The van der Waals surface area contributed by atoms with Gasteiger partial charge in [-0.25, -0.2) is 9.78 Å². The van der Waals surface area contributed by atoms with Gasteiger partial charge in [-0.05, 0) is 45.0 Å². The molecule has 0 unspecified atom stereocenters. The Hall–Kier alpha value is -3.43. The number of amides is 1. The molecule has 3 heterocycles. The molecule has 0 bridgehead atoms. The van der Waals surface area contributed by atoms with Gasteiger partial charge in [-0.3, -0.25) is 0 Å². The summed E-state index contributed by atoms with van der Waals surface area (Å²) in [6, 6.07) is 7.52. The number of likely N-dealkylation sites (tertiary alicyclic amines) is 1. The first-order chi connectivity index (χ1) is 13.8. The Balaban J connectivity index is 1.45. The number of anilines is 1. The minimum atomic E-state index is -0.503. The number of hydrogen-bond acceptors (Lipinski definition) is 8. The van der Waals surface area contributed by atoms with Gasteiger partial charge in [0.1, 0.15) is 11.4 Å². The number of nitrogens with zero attached hydrogens (tertiary/aromatic N) is 6. The van der Waals surface area contributed by atoms with Gasteiger partial charge in [-0.1, -0.05) is 5.21 Å². The van der Waals surface area contributed by atoms with Crippen LogP contribution in [-0.4, -0.2) is 67.8 Å². The highest BCUT2D eigenvalue weighted by Crippen LogP contribution is 2.20. The van der Waals surface area contributed by atoms with E-state index in [9.17, 15) is 4.79 Å². The first-order valence-electron chi connectivity index (χ1n) is 9.30. The van der Waals surface area contributed by atoms with Crippen molar-refractivity contribution >= 4 is 23.2 Å². The molecule has 1 aromatic carbocycles. The van der Waals surface area contributed by atoms with Crippen molar-refractivity contribution in [3.8, 4) is 11.4 Å². The van der Waals surface area contributed by atoms with Crippen LogP contribution < -0.4 is 10.1 Å². The monoisotopic (exact) mass is 397 g/mol. The molecule has 29 heavy (non-hydrogen) atoms. The zero-order chi connectivity index (χ0) is 20.6. The minimum absolute atomic E-state index is 0.0604. The second kappa shape index (κ2) is 7.19. The zero-order valence-electron chi connectivity index (χ0n) is 16.8. The van der Waals surface area contributed by atoms with Crippen LogP contribution in [-0.2, 0) is 4.74 Å². The summed E-state index contributed by atoms with van der Waals surface area (Å²) in [5, 5.41) is 11.5. The van der Waals surface area contributed by atoms with Gasteiger partial charge in [-0.15, -0.1) is 5.10 Å². The van der Waals surface area contributed by atoms with Crippen LogP contribution >= 0.6 is 0 Å². The number of nitrogens with one attached hydrogen (secondary N) is 1. The maximum atomic E-state index is 12.0. The molecule has 4 rings (SSSR count). The topological polar surface area (TPSA) is 107 Å². The third kappa shape index (κ3) is 4.05. The molecule has 3 aromatic rings. The first-order valence-corrected chi connectivity index (χ1v) is 9.30. The maximum absolute atomic E-state index is 12.0. The summed E-state index contributed by atoms with van der Waals surface area (Å²) in [6.07, 6.45) is 1.32. The van der Waals surface area contributed by atoms with Gasteiger partial charge < -0.3 is 19.7 Å². The van der Waals surface area contributed by atoms with Gasteiger partial charge >= 0.3 is 6.09 Å². The van der Waals surface area contributed by atoms with Crippen LogP contribution in [0.5, 0.6) is 5.75 Å². The van der Waals surface area contributed by atoms with Gasteiger partial charge in [0, 0.05) is 13.1 Å². The number of carbonyl (C=O) groups is 1. The summed E-state index contributed by atoms with van der Waals surface area (Å²) in [7, 11) is 1.62. The lowest BCUT2D eigenvalue weighted by molar-refractivity contribution is 0.0104. The Morgan fingerprint density at radius 1 is 1.21 bits per heavy atom. The summed E-state index contributed by atoms with van der Waals surface area (Å²) in [5.41, 5.74) is 1.50. The van der Waals surface area contributed by atoms with Crippen molar-refractivity contribution in [3.63, 3.8) is 0 Å². The molecule has 1 aliphatic rings. The van der Waals surface area contributed by atoms with Crippen LogP contribution in [0.1, 0.15) is 20.8 Å². The fourth-order valence-corrected chi connectivity index (χ4v) is 2.92. The Bertz CT molecular complexity index is 1020. The Morgan fingerprint density at radius 3 is 2.59 bits per heavy atom. The number of benzene rings is 1. The predicted octanol–water partition coefficient (Wildman–Crippen LogP) is 2.25.